The zero-order valence-electron chi connectivity index (χ0n) is 17.3. The van der Waals surface area contributed by atoms with Crippen molar-refractivity contribution in [2.75, 3.05) is 23.7 Å². The van der Waals surface area contributed by atoms with E-state index in [4.69, 9.17) is 0 Å². The average molecular weight is 388 g/mol. The fourth-order valence-electron chi connectivity index (χ4n) is 4.06. The predicted molar refractivity (Wildman–Crippen MR) is 119 cm³/mol. The highest BCUT2D eigenvalue weighted by atomic mass is 15.3. The highest BCUT2D eigenvalue weighted by Gasteiger charge is 2.43. The SMILES string of the molecule is CC(C)Nc1nccc(NC2(C)CN(C(c3ccccc3)c3ccccc3)C2)n1. The van der Waals surface area contributed by atoms with Gasteiger partial charge in [0.05, 0.1) is 11.6 Å². The van der Waals surface area contributed by atoms with Gasteiger partial charge in [-0.15, -0.1) is 0 Å². The van der Waals surface area contributed by atoms with Gasteiger partial charge in [-0.2, -0.15) is 4.98 Å². The molecule has 1 fully saturated rings. The molecule has 5 nitrogen and oxygen atoms in total. The molecule has 2 heterocycles. The van der Waals surface area contributed by atoms with E-state index in [9.17, 15) is 0 Å². The van der Waals surface area contributed by atoms with Crippen LogP contribution in [0.1, 0.15) is 37.9 Å². The lowest BCUT2D eigenvalue weighted by Crippen LogP contribution is -2.64. The Bertz CT molecular complexity index is 881. The molecule has 29 heavy (non-hydrogen) atoms. The van der Waals surface area contributed by atoms with Crippen molar-refractivity contribution in [2.45, 2.75) is 38.4 Å². The van der Waals surface area contributed by atoms with Gasteiger partial charge in [-0.25, -0.2) is 4.98 Å². The van der Waals surface area contributed by atoms with Crippen LogP contribution in [-0.4, -0.2) is 39.5 Å². The van der Waals surface area contributed by atoms with Crippen LogP contribution in [-0.2, 0) is 0 Å². The third kappa shape index (κ3) is 4.57. The number of hydrogen-bond donors (Lipinski definition) is 2. The van der Waals surface area contributed by atoms with Crippen molar-refractivity contribution in [2.24, 2.45) is 0 Å². The second-order valence-electron chi connectivity index (χ2n) is 8.38. The van der Waals surface area contributed by atoms with Gasteiger partial charge in [-0.05, 0) is 38.0 Å². The smallest absolute Gasteiger partial charge is 0.224 e. The molecule has 0 amide bonds. The zero-order valence-corrected chi connectivity index (χ0v) is 17.3. The fraction of sp³-hybridized carbons (Fsp3) is 0.333. The number of likely N-dealkylation sites (tertiary alicyclic amines) is 1. The Balaban J connectivity index is 1.49. The summed E-state index contributed by atoms with van der Waals surface area (Å²) in [4.78, 5) is 11.4. The minimum Gasteiger partial charge on any atom is -0.362 e. The Hall–Kier alpha value is -2.92. The van der Waals surface area contributed by atoms with Gasteiger partial charge in [-0.1, -0.05) is 60.7 Å². The van der Waals surface area contributed by atoms with E-state index in [1.54, 1.807) is 6.20 Å². The van der Waals surface area contributed by atoms with Gasteiger partial charge in [0.2, 0.25) is 5.95 Å². The van der Waals surface area contributed by atoms with Crippen LogP contribution < -0.4 is 10.6 Å². The first-order chi connectivity index (χ1) is 14.0. The Morgan fingerprint density at radius 3 is 2.03 bits per heavy atom. The molecule has 0 bridgehead atoms. The van der Waals surface area contributed by atoms with Gasteiger partial charge >= 0.3 is 0 Å². The summed E-state index contributed by atoms with van der Waals surface area (Å²) in [5.74, 6) is 1.53. The molecule has 0 saturated carbocycles. The molecule has 1 aliphatic rings. The second kappa shape index (κ2) is 8.21. The third-order valence-corrected chi connectivity index (χ3v) is 5.20. The van der Waals surface area contributed by atoms with Crippen LogP contribution in [0.2, 0.25) is 0 Å². The van der Waals surface area contributed by atoms with Crippen LogP contribution in [0.5, 0.6) is 0 Å². The molecule has 150 valence electrons. The number of aromatic nitrogens is 2. The van der Waals surface area contributed by atoms with Crippen LogP contribution >= 0.6 is 0 Å². The lowest BCUT2D eigenvalue weighted by molar-refractivity contribution is 0.0670. The molecule has 0 atom stereocenters. The van der Waals surface area contributed by atoms with E-state index in [2.05, 4.69) is 107 Å². The van der Waals surface area contributed by atoms with E-state index in [1.165, 1.54) is 11.1 Å². The van der Waals surface area contributed by atoms with E-state index < -0.39 is 0 Å². The van der Waals surface area contributed by atoms with Crippen molar-refractivity contribution in [3.63, 3.8) is 0 Å². The van der Waals surface area contributed by atoms with E-state index in [-0.39, 0.29) is 11.6 Å². The molecule has 5 heteroatoms. The summed E-state index contributed by atoms with van der Waals surface area (Å²) in [6, 6.07) is 24.0. The molecule has 2 aromatic carbocycles. The molecule has 0 aliphatic carbocycles. The first-order valence-electron chi connectivity index (χ1n) is 10.2. The molecule has 1 saturated heterocycles. The van der Waals surface area contributed by atoms with Gasteiger partial charge in [0.15, 0.2) is 0 Å². The number of rotatable bonds is 7. The Morgan fingerprint density at radius 1 is 0.897 bits per heavy atom. The molecule has 0 spiro atoms. The number of hydrogen-bond acceptors (Lipinski definition) is 5. The molecule has 4 rings (SSSR count). The summed E-state index contributed by atoms with van der Waals surface area (Å²) in [6.07, 6.45) is 1.80. The lowest BCUT2D eigenvalue weighted by atomic mass is 9.86. The summed E-state index contributed by atoms with van der Waals surface area (Å²) in [6.45, 7) is 8.31. The summed E-state index contributed by atoms with van der Waals surface area (Å²) < 4.78 is 0. The maximum Gasteiger partial charge on any atom is 0.224 e. The van der Waals surface area contributed by atoms with Crippen molar-refractivity contribution in [3.8, 4) is 0 Å². The minimum absolute atomic E-state index is 0.0226. The molecular weight excluding hydrogens is 358 g/mol. The normalized spacial score (nSPS) is 15.9. The molecular formula is C24H29N5. The quantitative estimate of drug-likeness (QED) is 0.622. The highest BCUT2D eigenvalue weighted by Crippen LogP contribution is 2.37. The van der Waals surface area contributed by atoms with E-state index in [1.807, 2.05) is 6.07 Å². The monoisotopic (exact) mass is 387 g/mol. The summed E-state index contributed by atoms with van der Waals surface area (Å²) in [7, 11) is 0. The molecule has 0 unspecified atom stereocenters. The van der Waals surface area contributed by atoms with Crippen molar-refractivity contribution < 1.29 is 0 Å². The van der Waals surface area contributed by atoms with Gasteiger partial charge in [0.25, 0.3) is 0 Å². The number of benzene rings is 2. The molecule has 1 aromatic heterocycles. The van der Waals surface area contributed by atoms with E-state index >= 15 is 0 Å². The molecule has 1 aliphatic heterocycles. The maximum atomic E-state index is 4.61. The van der Waals surface area contributed by atoms with Gasteiger partial charge in [0, 0.05) is 25.3 Å². The van der Waals surface area contributed by atoms with Crippen molar-refractivity contribution >= 4 is 11.8 Å². The minimum atomic E-state index is -0.0226. The topological polar surface area (TPSA) is 53.1 Å². The summed E-state index contributed by atoms with van der Waals surface area (Å²) in [5.41, 5.74) is 2.63. The fourth-order valence-corrected chi connectivity index (χ4v) is 4.06. The highest BCUT2D eigenvalue weighted by molar-refractivity contribution is 5.44. The van der Waals surface area contributed by atoms with Gasteiger partial charge in [-0.3, -0.25) is 4.90 Å². The molecule has 3 aromatic rings. The van der Waals surface area contributed by atoms with Crippen molar-refractivity contribution in [3.05, 3.63) is 84.1 Å². The van der Waals surface area contributed by atoms with Gasteiger partial charge < -0.3 is 10.6 Å². The van der Waals surface area contributed by atoms with Crippen molar-refractivity contribution in [1.29, 1.82) is 0 Å². The summed E-state index contributed by atoms with van der Waals surface area (Å²) >= 11 is 0. The van der Waals surface area contributed by atoms with E-state index in [0.29, 0.717) is 12.0 Å². The first-order valence-corrected chi connectivity index (χ1v) is 10.2. The van der Waals surface area contributed by atoms with Gasteiger partial charge in [0.1, 0.15) is 5.82 Å². The van der Waals surface area contributed by atoms with E-state index in [0.717, 1.165) is 18.9 Å². The Morgan fingerprint density at radius 2 is 1.48 bits per heavy atom. The standard InChI is InChI=1S/C24H29N5/c1-18(2)26-23-25-15-14-21(27-23)28-24(3)16-29(17-24)22(19-10-6-4-7-11-19)20-12-8-5-9-13-20/h4-15,18,22H,16-17H2,1-3H3,(H2,25,26,27,28). The van der Waals surface area contributed by atoms with Crippen LogP contribution in [0.25, 0.3) is 0 Å². The van der Waals surface area contributed by atoms with Crippen LogP contribution in [0.4, 0.5) is 11.8 Å². The Labute approximate surface area is 173 Å². The van der Waals surface area contributed by atoms with Crippen LogP contribution in [0.3, 0.4) is 0 Å². The summed E-state index contributed by atoms with van der Waals surface area (Å²) in [5, 5.41) is 6.89. The number of nitrogens with one attached hydrogen (secondary N) is 2. The largest absolute Gasteiger partial charge is 0.362 e. The Kier molecular flexibility index (Phi) is 5.49. The van der Waals surface area contributed by atoms with Crippen LogP contribution in [0.15, 0.2) is 72.9 Å². The van der Waals surface area contributed by atoms with Crippen LogP contribution in [0, 0.1) is 0 Å². The molecule has 0 radical (unpaired) electrons. The average Bonchev–Trinajstić information content (AvgIpc) is 2.68. The number of nitrogens with zero attached hydrogens (tertiary/aromatic N) is 3. The third-order valence-electron chi connectivity index (χ3n) is 5.20. The van der Waals surface area contributed by atoms with Crippen molar-refractivity contribution in [1.82, 2.24) is 14.9 Å². The maximum absolute atomic E-state index is 4.61. The predicted octanol–water partition coefficient (Wildman–Crippen LogP) is 4.57. The zero-order chi connectivity index (χ0) is 20.3. The molecule has 2 N–H and O–H groups in total. The second-order valence-corrected chi connectivity index (χ2v) is 8.38. The number of anilines is 2. The first kappa shape index (κ1) is 19.4. The lowest BCUT2D eigenvalue weighted by Gasteiger charge is -2.52.